The molecule has 2 aromatic carbocycles. The van der Waals surface area contributed by atoms with Crippen LogP contribution in [0.4, 0.5) is 5.69 Å². The van der Waals surface area contributed by atoms with E-state index in [0.29, 0.717) is 30.9 Å². The summed E-state index contributed by atoms with van der Waals surface area (Å²) in [5.74, 6) is 0.283. The summed E-state index contributed by atoms with van der Waals surface area (Å²) >= 11 is 1.59. The summed E-state index contributed by atoms with van der Waals surface area (Å²) in [4.78, 5) is 31.6. The van der Waals surface area contributed by atoms with Crippen LogP contribution < -0.4 is 9.64 Å². The standard InChI is InChI=1S/C25H26N2O4S/c1-4-12-30-25(29)18-8-6-17(7-9-18)14-27-21-13-19(20-15-32-16(3)26-20)10-11-23(21)31-22(5-2)24(27)28/h6-11,13,15,22H,4-5,12,14H2,1-3H3. The van der Waals surface area contributed by atoms with Crippen molar-refractivity contribution in [3.8, 4) is 17.0 Å². The van der Waals surface area contributed by atoms with Crippen LogP contribution in [0.25, 0.3) is 11.3 Å². The van der Waals surface area contributed by atoms with Crippen molar-refractivity contribution >= 4 is 28.9 Å². The van der Waals surface area contributed by atoms with Crippen molar-refractivity contribution < 1.29 is 19.1 Å². The molecule has 0 aliphatic carbocycles. The predicted molar refractivity (Wildman–Crippen MR) is 125 cm³/mol. The highest BCUT2D eigenvalue weighted by Gasteiger charge is 2.33. The Kier molecular flexibility index (Phi) is 6.55. The minimum Gasteiger partial charge on any atom is -0.478 e. The fourth-order valence-electron chi connectivity index (χ4n) is 3.61. The van der Waals surface area contributed by atoms with Crippen molar-refractivity contribution in [3.63, 3.8) is 0 Å². The number of nitrogens with zero attached hydrogens (tertiary/aromatic N) is 2. The van der Waals surface area contributed by atoms with Gasteiger partial charge in [0.05, 0.1) is 35.1 Å². The van der Waals surface area contributed by atoms with Crippen LogP contribution in [0.1, 0.15) is 47.6 Å². The Morgan fingerprint density at radius 2 is 1.97 bits per heavy atom. The number of anilines is 1. The summed E-state index contributed by atoms with van der Waals surface area (Å²) in [6.07, 6.45) is 0.853. The van der Waals surface area contributed by atoms with Crippen LogP contribution in [-0.4, -0.2) is 29.6 Å². The molecule has 1 unspecified atom stereocenters. The molecule has 3 aromatic rings. The Hall–Kier alpha value is -3.19. The highest BCUT2D eigenvalue weighted by Crippen LogP contribution is 2.39. The number of ether oxygens (including phenoxy) is 2. The second-order valence-electron chi connectivity index (χ2n) is 7.71. The molecule has 0 spiro atoms. The number of hydrogen-bond donors (Lipinski definition) is 0. The van der Waals surface area contributed by atoms with E-state index in [0.717, 1.165) is 33.9 Å². The molecule has 1 aliphatic rings. The topological polar surface area (TPSA) is 68.7 Å². The average molecular weight is 451 g/mol. The fraction of sp³-hybridized carbons (Fsp3) is 0.320. The first kappa shape index (κ1) is 22.0. The molecule has 0 fully saturated rings. The smallest absolute Gasteiger partial charge is 0.338 e. The largest absolute Gasteiger partial charge is 0.478 e. The fourth-order valence-corrected chi connectivity index (χ4v) is 4.23. The Balaban J connectivity index is 1.62. The predicted octanol–water partition coefficient (Wildman–Crippen LogP) is 5.39. The quantitative estimate of drug-likeness (QED) is 0.452. The lowest BCUT2D eigenvalue weighted by Gasteiger charge is -2.34. The van der Waals surface area contributed by atoms with Gasteiger partial charge in [0.2, 0.25) is 0 Å². The van der Waals surface area contributed by atoms with E-state index in [1.54, 1.807) is 28.4 Å². The van der Waals surface area contributed by atoms with E-state index in [-0.39, 0.29) is 11.9 Å². The van der Waals surface area contributed by atoms with Crippen LogP contribution in [-0.2, 0) is 16.1 Å². The summed E-state index contributed by atoms with van der Waals surface area (Å²) in [5.41, 5.74) is 3.98. The van der Waals surface area contributed by atoms with Crippen LogP contribution in [0.3, 0.4) is 0 Å². The molecule has 0 saturated heterocycles. The number of aromatic nitrogens is 1. The van der Waals surface area contributed by atoms with Gasteiger partial charge in [-0.2, -0.15) is 0 Å². The van der Waals surface area contributed by atoms with Gasteiger partial charge in [0.25, 0.3) is 5.91 Å². The second-order valence-corrected chi connectivity index (χ2v) is 8.77. The number of benzene rings is 2. The highest BCUT2D eigenvalue weighted by molar-refractivity contribution is 7.09. The molecule has 1 atom stereocenters. The number of thiazole rings is 1. The Morgan fingerprint density at radius 1 is 1.19 bits per heavy atom. The first-order chi connectivity index (χ1) is 15.5. The van der Waals surface area contributed by atoms with Crippen LogP contribution >= 0.6 is 11.3 Å². The first-order valence-electron chi connectivity index (χ1n) is 10.8. The maximum atomic E-state index is 13.2. The molecular formula is C25H26N2O4S. The van der Waals surface area contributed by atoms with Gasteiger partial charge in [-0.1, -0.05) is 26.0 Å². The monoisotopic (exact) mass is 450 g/mol. The van der Waals surface area contributed by atoms with Gasteiger partial charge in [-0.3, -0.25) is 4.79 Å². The molecule has 166 valence electrons. The molecule has 32 heavy (non-hydrogen) atoms. The summed E-state index contributed by atoms with van der Waals surface area (Å²) in [5, 5.41) is 3.00. The average Bonchev–Trinajstić information content (AvgIpc) is 3.25. The van der Waals surface area contributed by atoms with E-state index in [2.05, 4.69) is 4.98 Å². The van der Waals surface area contributed by atoms with Crippen molar-refractivity contribution in [2.45, 2.75) is 46.3 Å². The summed E-state index contributed by atoms with van der Waals surface area (Å²) in [6.45, 7) is 6.65. The molecule has 1 aromatic heterocycles. The third-order valence-electron chi connectivity index (χ3n) is 5.31. The number of fused-ring (bicyclic) bond motifs is 1. The molecule has 0 radical (unpaired) electrons. The number of carbonyl (C=O) groups is 2. The molecule has 6 nitrogen and oxygen atoms in total. The van der Waals surface area contributed by atoms with Crippen LogP contribution in [0.2, 0.25) is 0 Å². The summed E-state index contributed by atoms with van der Waals surface area (Å²) in [7, 11) is 0. The van der Waals surface area contributed by atoms with Gasteiger partial charge in [0.1, 0.15) is 5.75 Å². The zero-order valence-corrected chi connectivity index (χ0v) is 19.3. The number of amides is 1. The molecule has 2 heterocycles. The number of aryl methyl sites for hydroxylation is 1. The normalized spacial score (nSPS) is 15.3. The lowest BCUT2D eigenvalue weighted by Crippen LogP contribution is -2.45. The van der Waals surface area contributed by atoms with Crippen LogP contribution in [0.5, 0.6) is 5.75 Å². The van der Waals surface area contributed by atoms with Gasteiger partial charge in [-0.15, -0.1) is 11.3 Å². The summed E-state index contributed by atoms with van der Waals surface area (Å²) < 4.78 is 11.2. The Morgan fingerprint density at radius 3 is 2.62 bits per heavy atom. The number of hydrogen-bond acceptors (Lipinski definition) is 6. The van der Waals surface area contributed by atoms with Crippen molar-refractivity contribution in [2.75, 3.05) is 11.5 Å². The minimum atomic E-state index is -0.516. The van der Waals surface area contributed by atoms with E-state index in [4.69, 9.17) is 9.47 Å². The lowest BCUT2D eigenvalue weighted by molar-refractivity contribution is -0.126. The van der Waals surface area contributed by atoms with E-state index >= 15 is 0 Å². The maximum absolute atomic E-state index is 13.2. The van der Waals surface area contributed by atoms with Gasteiger partial charge < -0.3 is 14.4 Å². The lowest BCUT2D eigenvalue weighted by atomic mass is 10.1. The van der Waals surface area contributed by atoms with E-state index in [9.17, 15) is 9.59 Å². The van der Waals surface area contributed by atoms with Crippen molar-refractivity contribution in [3.05, 3.63) is 64.0 Å². The molecule has 7 heteroatoms. The van der Waals surface area contributed by atoms with Gasteiger partial charge >= 0.3 is 5.97 Å². The number of carbonyl (C=O) groups excluding carboxylic acids is 2. The minimum absolute atomic E-state index is 0.0713. The molecule has 0 bridgehead atoms. The molecule has 0 N–H and O–H groups in total. The van der Waals surface area contributed by atoms with E-state index in [1.807, 2.05) is 56.5 Å². The maximum Gasteiger partial charge on any atom is 0.338 e. The zero-order chi connectivity index (χ0) is 22.7. The van der Waals surface area contributed by atoms with Gasteiger partial charge in [-0.05, 0) is 55.7 Å². The molecule has 1 aliphatic heterocycles. The first-order valence-corrected chi connectivity index (χ1v) is 11.7. The second kappa shape index (κ2) is 9.53. The van der Waals surface area contributed by atoms with Crippen LogP contribution in [0.15, 0.2) is 47.8 Å². The Bertz CT molecular complexity index is 1120. The third kappa shape index (κ3) is 4.53. The van der Waals surface area contributed by atoms with E-state index in [1.165, 1.54) is 0 Å². The van der Waals surface area contributed by atoms with Gasteiger partial charge in [0.15, 0.2) is 6.10 Å². The van der Waals surface area contributed by atoms with Gasteiger partial charge in [0, 0.05) is 10.9 Å². The van der Waals surface area contributed by atoms with Crippen LogP contribution in [0, 0.1) is 6.92 Å². The SMILES string of the molecule is CCCOC(=O)c1ccc(CN2C(=O)C(CC)Oc3ccc(-c4csc(C)n4)cc32)cc1. The summed E-state index contributed by atoms with van der Waals surface area (Å²) in [6, 6.07) is 13.1. The number of rotatable bonds is 7. The van der Waals surface area contributed by atoms with Crippen molar-refractivity contribution in [1.82, 2.24) is 4.98 Å². The molecule has 4 rings (SSSR count). The van der Waals surface area contributed by atoms with E-state index < -0.39 is 6.10 Å². The van der Waals surface area contributed by atoms with Crippen molar-refractivity contribution in [2.24, 2.45) is 0 Å². The molecular weight excluding hydrogens is 424 g/mol. The zero-order valence-electron chi connectivity index (χ0n) is 18.5. The molecule has 1 amide bonds. The number of esters is 1. The highest BCUT2D eigenvalue weighted by atomic mass is 32.1. The van der Waals surface area contributed by atoms with Gasteiger partial charge in [-0.25, -0.2) is 9.78 Å². The Labute approximate surface area is 191 Å². The third-order valence-corrected chi connectivity index (χ3v) is 6.09. The van der Waals surface area contributed by atoms with Crippen molar-refractivity contribution in [1.29, 1.82) is 0 Å². The molecule has 0 saturated carbocycles.